The number of pyridine rings is 2. The monoisotopic (exact) mass is 403 g/mol. The summed E-state index contributed by atoms with van der Waals surface area (Å²) in [4.78, 5) is 7.42. The molecule has 0 radical (unpaired) electrons. The van der Waals surface area contributed by atoms with Gasteiger partial charge in [0.2, 0.25) is 0 Å². The summed E-state index contributed by atoms with van der Waals surface area (Å²) in [6.45, 7) is 2.68. The van der Waals surface area contributed by atoms with Crippen LogP contribution in [-0.4, -0.2) is 28.8 Å². The van der Waals surface area contributed by atoms with Crippen molar-refractivity contribution in [2.45, 2.75) is 38.7 Å². The molecule has 0 aliphatic rings. The number of halogens is 5. The Labute approximate surface area is 159 Å². The Kier molecular flexibility index (Phi) is 7.29. The van der Waals surface area contributed by atoms with Crippen molar-refractivity contribution in [3.8, 4) is 17.0 Å². The van der Waals surface area contributed by atoms with Gasteiger partial charge in [0.05, 0.1) is 12.3 Å². The first-order valence-electron chi connectivity index (χ1n) is 8.64. The molecule has 2 unspecified atom stereocenters. The zero-order chi connectivity index (χ0) is 20.9. The van der Waals surface area contributed by atoms with Crippen LogP contribution in [0.5, 0.6) is 5.75 Å². The van der Waals surface area contributed by atoms with Crippen molar-refractivity contribution in [1.29, 1.82) is 0 Å². The number of rotatable bonds is 9. The highest BCUT2D eigenvalue weighted by Crippen LogP contribution is 2.31. The Bertz CT molecular complexity index is 786. The van der Waals surface area contributed by atoms with Crippen LogP contribution in [-0.2, 0) is 0 Å². The van der Waals surface area contributed by atoms with Crippen LogP contribution in [0.4, 0.5) is 22.0 Å². The smallest absolute Gasteiger partial charge is 0.284 e. The normalized spacial score (nSPS) is 14.9. The van der Waals surface area contributed by atoms with Crippen LogP contribution >= 0.6 is 0 Å². The lowest BCUT2D eigenvalue weighted by atomic mass is 9.92. The van der Waals surface area contributed by atoms with Crippen molar-refractivity contribution >= 4 is 0 Å². The fourth-order valence-electron chi connectivity index (χ4n) is 2.77. The summed E-state index contributed by atoms with van der Waals surface area (Å²) in [6, 6.07) is 5.23. The van der Waals surface area contributed by atoms with Crippen molar-refractivity contribution < 1.29 is 26.7 Å². The summed E-state index contributed by atoms with van der Waals surface area (Å²) in [5.74, 6) is -0.294. The molecule has 0 aromatic carbocycles. The highest BCUT2D eigenvalue weighted by molar-refractivity contribution is 5.60. The number of hydrogen-bond acceptors (Lipinski definition) is 4. The van der Waals surface area contributed by atoms with Gasteiger partial charge in [-0.25, -0.2) is 26.9 Å². The molecule has 2 aromatic heterocycles. The average molecular weight is 403 g/mol. The molecule has 0 bridgehead atoms. The minimum absolute atomic E-state index is 0.0539. The van der Waals surface area contributed by atoms with Crippen LogP contribution < -0.4 is 10.5 Å². The predicted molar refractivity (Wildman–Crippen MR) is 95.2 cm³/mol. The summed E-state index contributed by atoms with van der Waals surface area (Å²) in [5.41, 5.74) is 4.03. The summed E-state index contributed by atoms with van der Waals surface area (Å²) in [5, 5.41) is 0. The minimum atomic E-state index is -2.92. The lowest BCUT2D eigenvalue weighted by molar-refractivity contribution is 0.135. The third kappa shape index (κ3) is 5.85. The lowest BCUT2D eigenvalue weighted by Gasteiger charge is -2.25. The van der Waals surface area contributed by atoms with E-state index in [4.69, 9.17) is 10.5 Å². The number of alkyl halides is 5. The molecular formula is C19H22F5N3O. The molecule has 2 heterocycles. The molecule has 154 valence electrons. The van der Waals surface area contributed by atoms with E-state index in [1.54, 1.807) is 13.8 Å². The molecule has 0 saturated heterocycles. The van der Waals surface area contributed by atoms with Gasteiger partial charge in [0, 0.05) is 17.3 Å². The summed E-state index contributed by atoms with van der Waals surface area (Å²) < 4.78 is 70.7. The fraction of sp³-hybridized carbons (Fsp3) is 0.474. The summed E-state index contributed by atoms with van der Waals surface area (Å²) in [6.07, 6.45) is -4.23. The second kappa shape index (κ2) is 9.27. The molecule has 4 nitrogen and oxygen atoms in total. The van der Waals surface area contributed by atoms with E-state index in [0.29, 0.717) is 6.42 Å². The summed E-state index contributed by atoms with van der Waals surface area (Å²) >= 11 is 0. The molecule has 2 atom stereocenters. The maximum absolute atomic E-state index is 13.4. The third-order valence-corrected chi connectivity index (χ3v) is 4.04. The van der Waals surface area contributed by atoms with Gasteiger partial charge in [-0.1, -0.05) is 6.92 Å². The predicted octanol–water partition coefficient (Wildman–Crippen LogP) is 5.11. The van der Waals surface area contributed by atoms with Crippen molar-refractivity contribution in [3.05, 3.63) is 41.9 Å². The standard InChI is InChI=1S/C19H22F5N3O/c1-11(8-19(2,25)10-20)9-28-15-4-3-13(27-16(15)18(23)24)12-5-6-26-14(7-12)17(21)22/h3-7,11,17-18H,8-10,25H2,1-2H3. The van der Waals surface area contributed by atoms with E-state index >= 15 is 0 Å². The highest BCUT2D eigenvalue weighted by atomic mass is 19.3. The van der Waals surface area contributed by atoms with Gasteiger partial charge in [-0.2, -0.15) is 0 Å². The van der Waals surface area contributed by atoms with Gasteiger partial charge in [0.1, 0.15) is 23.8 Å². The average Bonchev–Trinajstić information content (AvgIpc) is 2.66. The molecule has 0 fully saturated rings. The van der Waals surface area contributed by atoms with Gasteiger partial charge in [-0.15, -0.1) is 0 Å². The molecule has 28 heavy (non-hydrogen) atoms. The quantitative estimate of drug-likeness (QED) is 0.591. The van der Waals surface area contributed by atoms with Gasteiger partial charge in [-0.3, -0.25) is 4.98 Å². The molecular weight excluding hydrogens is 381 g/mol. The number of aromatic nitrogens is 2. The lowest BCUT2D eigenvalue weighted by Crippen LogP contribution is -2.41. The van der Waals surface area contributed by atoms with E-state index in [0.717, 1.165) is 6.07 Å². The van der Waals surface area contributed by atoms with Gasteiger partial charge in [0.25, 0.3) is 12.9 Å². The number of nitrogens with two attached hydrogens (primary N) is 1. The number of hydrogen-bond donors (Lipinski definition) is 1. The zero-order valence-corrected chi connectivity index (χ0v) is 15.5. The Balaban J connectivity index is 2.20. The SMILES string of the molecule is CC(COc1ccc(-c2ccnc(C(F)F)c2)nc1C(F)F)CC(C)(N)CF. The number of ether oxygens (including phenoxy) is 1. The van der Waals surface area contributed by atoms with E-state index in [1.807, 2.05) is 0 Å². The van der Waals surface area contributed by atoms with Crippen molar-refractivity contribution in [2.75, 3.05) is 13.3 Å². The van der Waals surface area contributed by atoms with Crippen LogP contribution in [0, 0.1) is 5.92 Å². The Hall–Kier alpha value is -2.29. The van der Waals surface area contributed by atoms with Gasteiger partial charge < -0.3 is 10.5 Å². The van der Waals surface area contributed by atoms with Gasteiger partial charge in [-0.05, 0) is 43.5 Å². The molecule has 9 heteroatoms. The first kappa shape index (κ1) is 22.0. The number of nitrogens with zero attached hydrogens (tertiary/aromatic N) is 2. The Morgan fingerprint density at radius 3 is 2.46 bits per heavy atom. The zero-order valence-electron chi connectivity index (χ0n) is 15.5. The molecule has 2 N–H and O–H groups in total. The van der Waals surface area contributed by atoms with Gasteiger partial charge in [0.15, 0.2) is 0 Å². The molecule has 2 rings (SSSR count). The van der Waals surface area contributed by atoms with E-state index in [1.165, 1.54) is 24.4 Å². The fourth-order valence-corrected chi connectivity index (χ4v) is 2.77. The molecule has 0 saturated carbocycles. The second-order valence-corrected chi connectivity index (χ2v) is 7.06. The van der Waals surface area contributed by atoms with Crippen LogP contribution in [0.3, 0.4) is 0 Å². The minimum Gasteiger partial charge on any atom is -0.491 e. The molecule has 2 aromatic rings. The Morgan fingerprint density at radius 1 is 1.14 bits per heavy atom. The first-order valence-corrected chi connectivity index (χ1v) is 8.64. The van der Waals surface area contributed by atoms with E-state index in [9.17, 15) is 22.0 Å². The largest absolute Gasteiger partial charge is 0.491 e. The topological polar surface area (TPSA) is 61.0 Å². The van der Waals surface area contributed by atoms with Crippen LogP contribution in [0.15, 0.2) is 30.5 Å². The molecule has 0 amide bonds. The second-order valence-electron chi connectivity index (χ2n) is 7.06. The van der Waals surface area contributed by atoms with E-state index in [-0.39, 0.29) is 29.5 Å². The van der Waals surface area contributed by atoms with E-state index in [2.05, 4.69) is 9.97 Å². The maximum atomic E-state index is 13.4. The maximum Gasteiger partial charge on any atom is 0.284 e. The third-order valence-electron chi connectivity index (χ3n) is 4.04. The molecule has 0 spiro atoms. The van der Waals surface area contributed by atoms with Crippen LogP contribution in [0.2, 0.25) is 0 Å². The molecule has 0 aliphatic carbocycles. The van der Waals surface area contributed by atoms with E-state index < -0.39 is 36.5 Å². The van der Waals surface area contributed by atoms with Crippen molar-refractivity contribution in [1.82, 2.24) is 9.97 Å². The Morgan fingerprint density at radius 2 is 1.86 bits per heavy atom. The van der Waals surface area contributed by atoms with Gasteiger partial charge >= 0.3 is 0 Å². The highest BCUT2D eigenvalue weighted by Gasteiger charge is 2.23. The van der Waals surface area contributed by atoms with Crippen LogP contribution in [0.25, 0.3) is 11.3 Å². The van der Waals surface area contributed by atoms with Crippen molar-refractivity contribution in [2.24, 2.45) is 11.7 Å². The van der Waals surface area contributed by atoms with Crippen molar-refractivity contribution in [3.63, 3.8) is 0 Å². The molecule has 0 aliphatic heterocycles. The van der Waals surface area contributed by atoms with Crippen LogP contribution in [0.1, 0.15) is 44.5 Å². The summed E-state index contributed by atoms with van der Waals surface area (Å²) in [7, 11) is 0. The first-order chi connectivity index (χ1) is 13.1.